The van der Waals surface area contributed by atoms with E-state index in [1.54, 1.807) is 31.5 Å². The van der Waals surface area contributed by atoms with Crippen molar-refractivity contribution in [1.29, 1.82) is 0 Å². The van der Waals surface area contributed by atoms with Gasteiger partial charge in [0.05, 0.1) is 41.4 Å². The lowest BCUT2D eigenvalue weighted by molar-refractivity contribution is 0.00578. The van der Waals surface area contributed by atoms with Crippen molar-refractivity contribution in [1.82, 2.24) is 14.9 Å². The van der Waals surface area contributed by atoms with Crippen LogP contribution < -0.4 is 15.1 Å². The molecule has 4 unspecified atom stereocenters. The molecule has 0 aliphatic carbocycles. The second-order valence-corrected chi connectivity index (χ2v) is 11.5. The number of nitrogens with zero attached hydrogens (tertiary/aromatic N) is 4. The maximum atomic E-state index is 15.4. The van der Waals surface area contributed by atoms with Gasteiger partial charge in [-0.1, -0.05) is 6.07 Å². The third-order valence-electron chi connectivity index (χ3n) is 8.65. The molecule has 210 valence electrons. The van der Waals surface area contributed by atoms with E-state index in [0.717, 1.165) is 5.46 Å². The van der Waals surface area contributed by atoms with Crippen LogP contribution in [0.2, 0.25) is 0 Å². The first-order valence-electron chi connectivity index (χ1n) is 13.3. The lowest BCUT2D eigenvalue weighted by Crippen LogP contribution is -2.58. The van der Waals surface area contributed by atoms with E-state index >= 15 is 4.39 Å². The van der Waals surface area contributed by atoms with Gasteiger partial charge < -0.3 is 28.8 Å². The average molecular weight is 542 g/mol. The Morgan fingerprint density at radius 1 is 1.21 bits per heavy atom. The highest BCUT2D eigenvalue weighted by molar-refractivity contribution is 6.62. The predicted molar refractivity (Wildman–Crippen MR) is 144 cm³/mol. The van der Waals surface area contributed by atoms with Crippen molar-refractivity contribution in [3.8, 4) is 17.0 Å². The summed E-state index contributed by atoms with van der Waals surface area (Å²) in [7, 11) is 2.78. The van der Waals surface area contributed by atoms with Gasteiger partial charge in [0.25, 0.3) is 0 Å². The molecule has 3 aliphatic rings. The number of aromatic nitrogens is 2. The van der Waals surface area contributed by atoms with Gasteiger partial charge in [-0.15, -0.1) is 0 Å². The number of amides is 1. The summed E-state index contributed by atoms with van der Waals surface area (Å²) < 4.78 is 38.8. The van der Waals surface area contributed by atoms with Gasteiger partial charge in [-0.05, 0) is 64.6 Å². The van der Waals surface area contributed by atoms with E-state index in [9.17, 15) is 9.90 Å². The van der Waals surface area contributed by atoms with Gasteiger partial charge in [0.1, 0.15) is 17.7 Å². The maximum absolute atomic E-state index is 15.4. The number of halogens is 1. The second-order valence-electron chi connectivity index (χ2n) is 11.5. The second kappa shape index (κ2) is 10.2. The first-order chi connectivity index (χ1) is 18.4. The molecule has 1 aromatic heterocycles. The Labute approximate surface area is 228 Å². The van der Waals surface area contributed by atoms with E-state index < -0.39 is 42.7 Å². The van der Waals surface area contributed by atoms with Crippen molar-refractivity contribution in [2.45, 2.75) is 82.5 Å². The molecule has 0 saturated carbocycles. The van der Waals surface area contributed by atoms with Crippen LogP contribution in [-0.4, -0.2) is 89.6 Å². The zero-order valence-electron chi connectivity index (χ0n) is 23.3. The fraction of sp³-hybridized carbons (Fsp3) is 0.593. The lowest BCUT2D eigenvalue weighted by Gasteiger charge is -2.43. The predicted octanol–water partition coefficient (Wildman–Crippen LogP) is 3.48. The van der Waals surface area contributed by atoms with E-state index in [4.69, 9.17) is 18.8 Å². The number of alkyl halides is 1. The van der Waals surface area contributed by atoms with Crippen molar-refractivity contribution in [3.05, 3.63) is 30.6 Å². The first kappa shape index (κ1) is 27.6. The molecule has 5 rings (SSSR count). The number of ether oxygens (including phenoxy) is 2. The van der Waals surface area contributed by atoms with Crippen LogP contribution in [0.5, 0.6) is 5.75 Å². The number of benzene rings is 1. The van der Waals surface area contributed by atoms with Gasteiger partial charge in [-0.2, -0.15) is 0 Å². The van der Waals surface area contributed by atoms with Crippen LogP contribution in [0.15, 0.2) is 30.6 Å². The molecule has 1 amide bonds. The SMILES string of the molecule is COCOc1cc(B2OC(C)(C)C(C)(C)O2)ccc1-c1cnc(N(C)C2CC3CCC(C2F)N3C(=O)O)cn1. The minimum absolute atomic E-state index is 0.0450. The number of hydrogen-bond donors (Lipinski definition) is 1. The number of hydrogen-bond acceptors (Lipinski definition) is 8. The molecule has 10 nitrogen and oxygen atoms in total. The number of rotatable bonds is 7. The average Bonchev–Trinajstić information content (AvgIpc) is 3.36. The highest BCUT2D eigenvalue weighted by Gasteiger charge is 2.52. The standard InChI is InChI=1S/C27H36BFN4O6/c1-26(2)27(3,4)39-28(38-26)16-7-9-18(22(11-16)37-15-36-6)19-13-31-23(14-30-19)32(5)21-12-17-8-10-20(24(21)29)33(17)25(34)35/h7,9,11,13-14,17,20-21,24H,8,10,12,15H2,1-6H3,(H,34,35). The highest BCUT2D eigenvalue weighted by atomic mass is 19.1. The topological polar surface area (TPSA) is 106 Å². The van der Waals surface area contributed by atoms with Crippen LogP contribution in [0, 0.1) is 0 Å². The minimum Gasteiger partial charge on any atom is -0.467 e. The van der Waals surface area contributed by atoms with Crippen LogP contribution in [0.4, 0.5) is 15.0 Å². The molecule has 2 bridgehead atoms. The molecule has 4 heterocycles. The van der Waals surface area contributed by atoms with Gasteiger partial charge in [0.15, 0.2) is 6.79 Å². The highest BCUT2D eigenvalue weighted by Crippen LogP contribution is 2.40. The zero-order chi connectivity index (χ0) is 28.1. The van der Waals surface area contributed by atoms with Crippen molar-refractivity contribution in [2.75, 3.05) is 25.9 Å². The molecule has 0 spiro atoms. The molecule has 2 aromatic rings. The molecular formula is C27H36BFN4O6. The molecule has 12 heteroatoms. The Kier molecular flexibility index (Phi) is 7.23. The summed E-state index contributed by atoms with van der Waals surface area (Å²) in [6.45, 7) is 8.06. The van der Waals surface area contributed by atoms with Crippen LogP contribution in [0.1, 0.15) is 47.0 Å². The fourth-order valence-electron chi connectivity index (χ4n) is 5.72. The Morgan fingerprint density at radius 3 is 2.54 bits per heavy atom. The van der Waals surface area contributed by atoms with E-state index in [2.05, 4.69) is 9.97 Å². The Bertz CT molecular complexity index is 1200. The van der Waals surface area contributed by atoms with E-state index in [1.165, 1.54) is 4.90 Å². The van der Waals surface area contributed by atoms with Crippen LogP contribution in [0.25, 0.3) is 11.3 Å². The molecular weight excluding hydrogens is 506 g/mol. The molecule has 3 fully saturated rings. The van der Waals surface area contributed by atoms with Crippen molar-refractivity contribution in [2.24, 2.45) is 0 Å². The Morgan fingerprint density at radius 2 is 1.92 bits per heavy atom. The van der Waals surface area contributed by atoms with Crippen molar-refractivity contribution >= 4 is 24.5 Å². The van der Waals surface area contributed by atoms with Gasteiger partial charge >= 0.3 is 13.2 Å². The molecule has 3 aliphatic heterocycles. The fourth-order valence-corrected chi connectivity index (χ4v) is 5.72. The number of piperidine rings is 1. The number of carbonyl (C=O) groups is 1. The van der Waals surface area contributed by atoms with Gasteiger partial charge in [-0.3, -0.25) is 9.88 Å². The van der Waals surface area contributed by atoms with Crippen LogP contribution in [-0.2, 0) is 14.0 Å². The first-order valence-corrected chi connectivity index (χ1v) is 13.3. The quantitative estimate of drug-likeness (QED) is 0.416. The molecule has 1 aromatic carbocycles. The lowest BCUT2D eigenvalue weighted by atomic mass is 9.78. The molecule has 3 saturated heterocycles. The maximum Gasteiger partial charge on any atom is 0.494 e. The Balaban J connectivity index is 1.36. The number of carboxylic acid groups (broad SMARTS) is 1. The number of fused-ring (bicyclic) bond motifs is 2. The molecule has 1 N–H and O–H groups in total. The van der Waals surface area contributed by atoms with Crippen LogP contribution >= 0.6 is 0 Å². The van der Waals surface area contributed by atoms with E-state index in [-0.39, 0.29) is 12.8 Å². The summed E-state index contributed by atoms with van der Waals surface area (Å²) in [5.41, 5.74) is 1.16. The molecule has 0 radical (unpaired) electrons. The molecule has 39 heavy (non-hydrogen) atoms. The summed E-state index contributed by atoms with van der Waals surface area (Å²) in [6, 6.07) is 4.38. The molecule has 4 atom stereocenters. The smallest absolute Gasteiger partial charge is 0.467 e. The van der Waals surface area contributed by atoms with E-state index in [1.807, 2.05) is 45.9 Å². The summed E-state index contributed by atoms with van der Waals surface area (Å²) in [4.78, 5) is 23.9. The van der Waals surface area contributed by atoms with Crippen LogP contribution in [0.3, 0.4) is 0 Å². The van der Waals surface area contributed by atoms with Crippen molar-refractivity contribution in [3.63, 3.8) is 0 Å². The van der Waals surface area contributed by atoms with Gasteiger partial charge in [-0.25, -0.2) is 14.2 Å². The zero-order valence-corrected chi connectivity index (χ0v) is 23.3. The summed E-state index contributed by atoms with van der Waals surface area (Å²) in [5, 5.41) is 9.51. The summed E-state index contributed by atoms with van der Waals surface area (Å²) in [5.74, 6) is 1.06. The largest absolute Gasteiger partial charge is 0.494 e. The van der Waals surface area contributed by atoms with Gasteiger partial charge in [0, 0.05) is 25.8 Å². The number of methoxy groups -OCH3 is 1. The minimum atomic E-state index is -1.30. The summed E-state index contributed by atoms with van der Waals surface area (Å²) in [6.07, 6.45) is 2.52. The third-order valence-corrected chi connectivity index (χ3v) is 8.65. The normalized spacial score (nSPS) is 27.1. The Hall–Kier alpha value is -2.96. The van der Waals surface area contributed by atoms with E-state index in [0.29, 0.717) is 42.1 Å². The van der Waals surface area contributed by atoms with Crippen molar-refractivity contribution < 1.29 is 33.1 Å². The van der Waals surface area contributed by atoms with Gasteiger partial charge in [0.2, 0.25) is 0 Å². The third kappa shape index (κ3) is 4.94. The summed E-state index contributed by atoms with van der Waals surface area (Å²) >= 11 is 0. The number of anilines is 1. The monoisotopic (exact) mass is 542 g/mol.